The summed E-state index contributed by atoms with van der Waals surface area (Å²) in [4.78, 5) is 9.37. The van der Waals surface area contributed by atoms with Gasteiger partial charge in [0.1, 0.15) is 5.76 Å². The normalized spacial score (nSPS) is 27.2. The van der Waals surface area contributed by atoms with Gasteiger partial charge in [0, 0.05) is 25.7 Å². The smallest absolute Gasteiger partial charge is 0.208 e. The molecule has 2 fully saturated rings. The monoisotopic (exact) mass is 221 g/mol. The van der Waals surface area contributed by atoms with E-state index in [0.717, 1.165) is 30.8 Å². The van der Waals surface area contributed by atoms with Gasteiger partial charge in [-0.1, -0.05) is 0 Å². The van der Waals surface area contributed by atoms with Crippen LogP contribution in [0.5, 0.6) is 0 Å². The van der Waals surface area contributed by atoms with Crippen LogP contribution in [0.4, 0.5) is 0 Å². The quantitative estimate of drug-likeness (QED) is 0.752. The van der Waals surface area contributed by atoms with Crippen molar-refractivity contribution < 1.29 is 4.42 Å². The molecule has 0 radical (unpaired) electrons. The van der Waals surface area contributed by atoms with E-state index in [1.807, 2.05) is 6.92 Å². The van der Waals surface area contributed by atoms with Gasteiger partial charge in [0.15, 0.2) is 0 Å². The summed E-state index contributed by atoms with van der Waals surface area (Å²) in [5.74, 6) is 1.78. The molecule has 0 aliphatic carbocycles. The molecule has 88 valence electrons. The second-order valence-corrected chi connectivity index (χ2v) is 4.93. The minimum absolute atomic E-state index is 0.782. The van der Waals surface area contributed by atoms with Crippen molar-refractivity contribution in [2.24, 2.45) is 0 Å². The van der Waals surface area contributed by atoms with Crippen molar-refractivity contribution in [2.45, 2.75) is 32.4 Å². The van der Waals surface area contributed by atoms with Gasteiger partial charge in [-0.3, -0.25) is 9.80 Å². The predicted octanol–water partition coefficient (Wildman–Crippen LogP) is 1.26. The Morgan fingerprint density at radius 2 is 2.38 bits per heavy atom. The van der Waals surface area contributed by atoms with E-state index in [4.69, 9.17) is 4.42 Å². The molecule has 0 spiro atoms. The fourth-order valence-electron chi connectivity index (χ4n) is 2.86. The first kappa shape index (κ1) is 10.3. The van der Waals surface area contributed by atoms with Crippen molar-refractivity contribution in [2.75, 3.05) is 26.2 Å². The van der Waals surface area contributed by atoms with Crippen LogP contribution in [0.25, 0.3) is 0 Å². The van der Waals surface area contributed by atoms with E-state index in [-0.39, 0.29) is 0 Å². The maximum atomic E-state index is 5.53. The number of aryl methyl sites for hydroxylation is 1. The molecule has 1 atom stereocenters. The largest absolute Gasteiger partial charge is 0.445 e. The van der Waals surface area contributed by atoms with Crippen LogP contribution in [-0.2, 0) is 6.54 Å². The summed E-state index contributed by atoms with van der Waals surface area (Å²) in [6.45, 7) is 7.67. The summed E-state index contributed by atoms with van der Waals surface area (Å²) in [6.07, 6.45) is 4.54. The van der Waals surface area contributed by atoms with Crippen LogP contribution in [0.15, 0.2) is 10.6 Å². The molecule has 0 amide bonds. The Labute approximate surface area is 96.2 Å². The molecule has 2 aliphatic heterocycles. The topological polar surface area (TPSA) is 32.5 Å². The van der Waals surface area contributed by atoms with Crippen molar-refractivity contribution in [3.05, 3.63) is 17.8 Å². The van der Waals surface area contributed by atoms with Gasteiger partial charge in [-0.05, 0) is 26.3 Å². The second-order valence-electron chi connectivity index (χ2n) is 4.93. The van der Waals surface area contributed by atoms with Gasteiger partial charge < -0.3 is 4.42 Å². The molecule has 1 aromatic heterocycles. The molecule has 3 heterocycles. The molecular formula is C12H19N3O. The van der Waals surface area contributed by atoms with E-state index < -0.39 is 0 Å². The molecule has 2 aliphatic rings. The minimum atomic E-state index is 0.782. The highest BCUT2D eigenvalue weighted by Gasteiger charge is 2.30. The summed E-state index contributed by atoms with van der Waals surface area (Å²) >= 11 is 0. The molecule has 0 saturated carbocycles. The lowest BCUT2D eigenvalue weighted by Crippen LogP contribution is -2.49. The van der Waals surface area contributed by atoms with Crippen molar-refractivity contribution >= 4 is 0 Å². The van der Waals surface area contributed by atoms with E-state index in [9.17, 15) is 0 Å². The zero-order valence-electron chi connectivity index (χ0n) is 9.85. The van der Waals surface area contributed by atoms with Gasteiger partial charge in [0.05, 0.1) is 12.7 Å². The average Bonchev–Trinajstić information content (AvgIpc) is 2.87. The highest BCUT2D eigenvalue weighted by atomic mass is 16.4. The molecule has 2 saturated heterocycles. The van der Waals surface area contributed by atoms with E-state index >= 15 is 0 Å². The fraction of sp³-hybridized carbons (Fsp3) is 0.750. The number of rotatable bonds is 2. The third-order valence-corrected chi connectivity index (χ3v) is 3.70. The Kier molecular flexibility index (Phi) is 2.69. The Balaban J connectivity index is 1.60. The summed E-state index contributed by atoms with van der Waals surface area (Å²) in [5.41, 5.74) is 0. The Bertz CT molecular complexity index is 363. The number of aromatic nitrogens is 1. The fourth-order valence-corrected chi connectivity index (χ4v) is 2.86. The molecule has 0 bridgehead atoms. The second kappa shape index (κ2) is 4.18. The molecule has 1 aromatic rings. The zero-order chi connectivity index (χ0) is 11.0. The van der Waals surface area contributed by atoms with E-state index in [1.165, 1.54) is 32.5 Å². The van der Waals surface area contributed by atoms with Crippen LogP contribution in [-0.4, -0.2) is 47.0 Å². The summed E-state index contributed by atoms with van der Waals surface area (Å²) in [7, 11) is 0. The van der Waals surface area contributed by atoms with Crippen LogP contribution in [0, 0.1) is 6.92 Å². The van der Waals surface area contributed by atoms with Crippen LogP contribution in [0.2, 0.25) is 0 Å². The van der Waals surface area contributed by atoms with Gasteiger partial charge in [0.25, 0.3) is 0 Å². The number of hydrogen-bond donors (Lipinski definition) is 0. The standard InChI is InChI=1S/C12H19N3O/c1-10-7-13-12(16-10)9-14-5-6-15-4-2-3-11(15)8-14/h7,11H,2-6,8-9H2,1H3. The van der Waals surface area contributed by atoms with Gasteiger partial charge in [-0.25, -0.2) is 4.98 Å². The van der Waals surface area contributed by atoms with E-state index in [1.54, 1.807) is 6.20 Å². The first-order valence-corrected chi connectivity index (χ1v) is 6.19. The number of hydrogen-bond acceptors (Lipinski definition) is 4. The highest BCUT2D eigenvalue weighted by Crippen LogP contribution is 2.22. The van der Waals surface area contributed by atoms with Crippen LogP contribution in [0.3, 0.4) is 0 Å². The summed E-state index contributed by atoms with van der Waals surface area (Å²) < 4.78 is 5.53. The first-order valence-electron chi connectivity index (χ1n) is 6.19. The van der Waals surface area contributed by atoms with Gasteiger partial charge in [-0.15, -0.1) is 0 Å². The van der Waals surface area contributed by atoms with Crippen molar-refractivity contribution in [1.82, 2.24) is 14.8 Å². The zero-order valence-corrected chi connectivity index (χ0v) is 9.85. The number of oxazole rings is 1. The van der Waals surface area contributed by atoms with Crippen LogP contribution < -0.4 is 0 Å². The highest BCUT2D eigenvalue weighted by molar-refractivity contribution is 4.93. The lowest BCUT2D eigenvalue weighted by Gasteiger charge is -2.36. The molecule has 16 heavy (non-hydrogen) atoms. The Hall–Kier alpha value is -0.870. The van der Waals surface area contributed by atoms with Gasteiger partial charge in [-0.2, -0.15) is 0 Å². The predicted molar refractivity (Wildman–Crippen MR) is 61.1 cm³/mol. The average molecular weight is 221 g/mol. The Morgan fingerprint density at radius 1 is 1.44 bits per heavy atom. The molecule has 0 aromatic carbocycles. The van der Waals surface area contributed by atoms with Crippen LogP contribution >= 0.6 is 0 Å². The molecule has 4 heteroatoms. The van der Waals surface area contributed by atoms with Crippen molar-refractivity contribution in [1.29, 1.82) is 0 Å². The molecule has 3 rings (SSSR count). The maximum absolute atomic E-state index is 5.53. The first-order chi connectivity index (χ1) is 7.81. The summed E-state index contributed by atoms with van der Waals surface area (Å²) in [6, 6.07) is 0.782. The summed E-state index contributed by atoms with van der Waals surface area (Å²) in [5, 5.41) is 0. The molecule has 4 nitrogen and oxygen atoms in total. The van der Waals surface area contributed by atoms with Gasteiger partial charge in [0.2, 0.25) is 5.89 Å². The molecule has 1 unspecified atom stereocenters. The van der Waals surface area contributed by atoms with E-state index in [2.05, 4.69) is 14.8 Å². The van der Waals surface area contributed by atoms with Crippen molar-refractivity contribution in [3.8, 4) is 0 Å². The maximum Gasteiger partial charge on any atom is 0.208 e. The molecular weight excluding hydrogens is 202 g/mol. The number of nitrogens with zero attached hydrogens (tertiary/aromatic N) is 3. The minimum Gasteiger partial charge on any atom is -0.445 e. The Morgan fingerprint density at radius 3 is 3.19 bits per heavy atom. The van der Waals surface area contributed by atoms with Crippen LogP contribution in [0.1, 0.15) is 24.5 Å². The third-order valence-electron chi connectivity index (χ3n) is 3.70. The van der Waals surface area contributed by atoms with Crippen molar-refractivity contribution in [3.63, 3.8) is 0 Å². The lowest BCUT2D eigenvalue weighted by atomic mass is 10.1. The third kappa shape index (κ3) is 1.99. The SMILES string of the molecule is Cc1cnc(CN2CCN3CCCC3C2)o1. The lowest BCUT2D eigenvalue weighted by molar-refractivity contribution is 0.0925. The van der Waals surface area contributed by atoms with Gasteiger partial charge >= 0.3 is 0 Å². The number of piperazine rings is 1. The number of fused-ring (bicyclic) bond motifs is 1. The van der Waals surface area contributed by atoms with E-state index in [0.29, 0.717) is 0 Å². The molecule has 0 N–H and O–H groups in total.